The van der Waals surface area contributed by atoms with Gasteiger partial charge < -0.3 is 10.6 Å². The molecule has 1 aliphatic rings. The summed E-state index contributed by atoms with van der Waals surface area (Å²) in [6.45, 7) is 0.896. The number of amides is 1. The van der Waals surface area contributed by atoms with Crippen molar-refractivity contribution in [2.24, 2.45) is 0 Å². The Hall–Kier alpha value is -1.43. The number of benzene rings is 1. The van der Waals surface area contributed by atoms with Gasteiger partial charge in [0.1, 0.15) is 6.42 Å². The van der Waals surface area contributed by atoms with Gasteiger partial charge in [-0.1, -0.05) is 0 Å². The highest BCUT2D eigenvalue weighted by molar-refractivity contribution is 5.91. The van der Waals surface area contributed by atoms with Crippen LogP contribution in [0.15, 0.2) is 18.2 Å². The number of halogens is 4. The molecule has 0 spiro atoms. The van der Waals surface area contributed by atoms with Crippen molar-refractivity contribution in [1.82, 2.24) is 0 Å². The highest BCUT2D eigenvalue weighted by Crippen LogP contribution is 2.26. The fraction of sp³-hybridized carbons (Fsp3) is 0.417. The van der Waals surface area contributed by atoms with E-state index in [0.29, 0.717) is 5.69 Å². The van der Waals surface area contributed by atoms with Crippen LogP contribution in [0.5, 0.6) is 0 Å². The molecule has 0 saturated heterocycles. The molecule has 106 valence electrons. The number of anilines is 2. The number of hydrogen-bond donors (Lipinski definition) is 2. The minimum Gasteiger partial charge on any atom is -0.385 e. The molecular formula is C12H14ClF3N2O. The Bertz CT molecular complexity index is 463. The summed E-state index contributed by atoms with van der Waals surface area (Å²) in [7, 11) is 0. The number of aryl methyl sites for hydroxylation is 1. The van der Waals surface area contributed by atoms with Crippen LogP contribution in [0.2, 0.25) is 0 Å². The molecule has 2 rings (SSSR count). The number of nitrogens with one attached hydrogen (secondary N) is 2. The van der Waals surface area contributed by atoms with Crippen LogP contribution in [0.1, 0.15) is 18.4 Å². The van der Waals surface area contributed by atoms with Crippen molar-refractivity contribution in [2.45, 2.75) is 25.4 Å². The smallest absolute Gasteiger partial charge is 0.385 e. The first kappa shape index (κ1) is 15.6. The summed E-state index contributed by atoms with van der Waals surface area (Å²) >= 11 is 0. The Morgan fingerprint density at radius 3 is 2.79 bits per heavy atom. The van der Waals surface area contributed by atoms with Gasteiger partial charge in [0, 0.05) is 17.9 Å². The molecule has 0 atom stereocenters. The fourth-order valence-electron chi connectivity index (χ4n) is 1.94. The molecule has 0 aromatic heterocycles. The van der Waals surface area contributed by atoms with Crippen molar-refractivity contribution >= 4 is 29.7 Å². The van der Waals surface area contributed by atoms with Crippen LogP contribution in [-0.2, 0) is 11.2 Å². The molecule has 0 bridgehead atoms. The Morgan fingerprint density at radius 2 is 2.11 bits per heavy atom. The van der Waals surface area contributed by atoms with Gasteiger partial charge in [-0.2, -0.15) is 13.2 Å². The van der Waals surface area contributed by atoms with Crippen LogP contribution < -0.4 is 10.6 Å². The van der Waals surface area contributed by atoms with Crippen molar-refractivity contribution in [3.05, 3.63) is 23.8 Å². The molecular weight excluding hydrogens is 281 g/mol. The van der Waals surface area contributed by atoms with E-state index >= 15 is 0 Å². The van der Waals surface area contributed by atoms with Gasteiger partial charge in [0.2, 0.25) is 5.91 Å². The Labute approximate surface area is 115 Å². The van der Waals surface area contributed by atoms with Crippen LogP contribution in [0.4, 0.5) is 24.5 Å². The first-order valence-electron chi connectivity index (χ1n) is 5.67. The third-order valence-corrected chi connectivity index (χ3v) is 2.69. The van der Waals surface area contributed by atoms with Gasteiger partial charge in [0.25, 0.3) is 0 Å². The third kappa shape index (κ3) is 4.63. The first-order chi connectivity index (χ1) is 8.44. The average molecular weight is 295 g/mol. The van der Waals surface area contributed by atoms with Gasteiger partial charge in [0.05, 0.1) is 0 Å². The standard InChI is InChI=1S/C12H13F3N2O.ClH/c13-12(14,15)7-11(18)17-9-3-4-10-8(6-9)2-1-5-16-10;/h3-4,6,16H,1-2,5,7H2,(H,17,18);1H. The van der Waals surface area contributed by atoms with Crippen LogP contribution in [0.3, 0.4) is 0 Å². The van der Waals surface area contributed by atoms with Crippen molar-refractivity contribution in [2.75, 3.05) is 17.2 Å². The minimum absolute atomic E-state index is 0. The molecule has 1 aliphatic heterocycles. The second-order valence-corrected chi connectivity index (χ2v) is 4.24. The molecule has 1 aromatic carbocycles. The van der Waals surface area contributed by atoms with E-state index < -0.39 is 18.5 Å². The largest absolute Gasteiger partial charge is 0.397 e. The predicted molar refractivity (Wildman–Crippen MR) is 69.8 cm³/mol. The molecule has 3 nitrogen and oxygen atoms in total. The second kappa shape index (κ2) is 6.14. The summed E-state index contributed by atoms with van der Waals surface area (Å²) in [5.74, 6) is -1.04. The molecule has 19 heavy (non-hydrogen) atoms. The molecule has 1 amide bonds. The number of fused-ring (bicyclic) bond motifs is 1. The van der Waals surface area contributed by atoms with Crippen LogP contribution in [0, 0.1) is 0 Å². The zero-order chi connectivity index (χ0) is 13.2. The third-order valence-electron chi connectivity index (χ3n) is 2.69. The minimum atomic E-state index is -4.47. The highest BCUT2D eigenvalue weighted by atomic mass is 35.5. The lowest BCUT2D eigenvalue weighted by atomic mass is 10.0. The number of alkyl halides is 3. The van der Waals surface area contributed by atoms with Crippen molar-refractivity contribution < 1.29 is 18.0 Å². The molecule has 2 N–H and O–H groups in total. The van der Waals surface area contributed by atoms with Crippen molar-refractivity contribution in [1.29, 1.82) is 0 Å². The topological polar surface area (TPSA) is 41.1 Å². The molecule has 0 unspecified atom stereocenters. The lowest BCUT2D eigenvalue weighted by Crippen LogP contribution is -2.21. The molecule has 0 radical (unpaired) electrons. The molecule has 7 heteroatoms. The lowest BCUT2D eigenvalue weighted by Gasteiger charge is -2.18. The monoisotopic (exact) mass is 294 g/mol. The maximum atomic E-state index is 12.0. The SMILES string of the molecule is Cl.O=C(CC(F)(F)F)Nc1ccc2c(c1)CCCN2. The number of hydrogen-bond acceptors (Lipinski definition) is 2. The summed E-state index contributed by atoms with van der Waals surface area (Å²) in [5, 5.41) is 5.45. The van der Waals surface area contributed by atoms with E-state index in [1.165, 1.54) is 0 Å². The summed E-state index contributed by atoms with van der Waals surface area (Å²) in [5.41, 5.74) is 2.41. The van der Waals surface area contributed by atoms with Gasteiger partial charge in [-0.25, -0.2) is 0 Å². The van der Waals surface area contributed by atoms with Crippen molar-refractivity contribution in [3.8, 4) is 0 Å². The summed E-state index contributed by atoms with van der Waals surface area (Å²) in [4.78, 5) is 11.1. The van der Waals surface area contributed by atoms with E-state index in [4.69, 9.17) is 0 Å². The van der Waals surface area contributed by atoms with Gasteiger partial charge in [-0.15, -0.1) is 12.4 Å². The van der Waals surface area contributed by atoms with Crippen LogP contribution >= 0.6 is 12.4 Å². The highest BCUT2D eigenvalue weighted by Gasteiger charge is 2.31. The first-order valence-corrected chi connectivity index (χ1v) is 5.67. The molecule has 0 fully saturated rings. The van der Waals surface area contributed by atoms with E-state index in [0.717, 1.165) is 30.6 Å². The van der Waals surface area contributed by atoms with E-state index in [2.05, 4.69) is 10.6 Å². The van der Waals surface area contributed by atoms with E-state index in [1.54, 1.807) is 18.2 Å². The predicted octanol–water partition coefficient (Wildman–Crippen LogP) is 3.36. The molecule has 0 aliphatic carbocycles. The van der Waals surface area contributed by atoms with Gasteiger partial charge in [-0.3, -0.25) is 4.79 Å². The molecule has 1 aromatic rings. The summed E-state index contributed by atoms with van der Waals surface area (Å²) < 4.78 is 36.0. The maximum Gasteiger partial charge on any atom is 0.397 e. The fourth-order valence-corrected chi connectivity index (χ4v) is 1.94. The van der Waals surface area contributed by atoms with E-state index in [1.807, 2.05) is 0 Å². The summed E-state index contributed by atoms with van der Waals surface area (Å²) in [6, 6.07) is 5.10. The molecule has 0 saturated carbocycles. The van der Waals surface area contributed by atoms with Gasteiger partial charge in [0.15, 0.2) is 0 Å². The maximum absolute atomic E-state index is 12.0. The number of carbonyl (C=O) groups is 1. The Balaban J connectivity index is 0.00000180. The number of carbonyl (C=O) groups excluding carboxylic acids is 1. The normalized spacial score (nSPS) is 13.8. The van der Waals surface area contributed by atoms with Crippen LogP contribution in [-0.4, -0.2) is 18.6 Å². The number of rotatable bonds is 2. The lowest BCUT2D eigenvalue weighted by molar-refractivity contribution is -0.150. The Kier molecular flexibility index (Phi) is 5.05. The Morgan fingerprint density at radius 1 is 1.37 bits per heavy atom. The molecule has 1 heterocycles. The second-order valence-electron chi connectivity index (χ2n) is 4.24. The van der Waals surface area contributed by atoms with E-state index in [-0.39, 0.29) is 12.4 Å². The van der Waals surface area contributed by atoms with Gasteiger partial charge in [-0.05, 0) is 36.6 Å². The average Bonchev–Trinajstić information content (AvgIpc) is 2.26. The zero-order valence-electron chi connectivity index (χ0n) is 10.0. The van der Waals surface area contributed by atoms with E-state index in [9.17, 15) is 18.0 Å². The quantitative estimate of drug-likeness (QED) is 0.878. The van der Waals surface area contributed by atoms with Crippen LogP contribution in [0.25, 0.3) is 0 Å². The van der Waals surface area contributed by atoms with Crippen molar-refractivity contribution in [3.63, 3.8) is 0 Å². The van der Waals surface area contributed by atoms with Gasteiger partial charge >= 0.3 is 6.18 Å². The summed E-state index contributed by atoms with van der Waals surface area (Å²) in [6.07, 6.45) is -4.08. The zero-order valence-corrected chi connectivity index (χ0v) is 10.8.